The van der Waals surface area contributed by atoms with Crippen molar-refractivity contribution in [3.8, 4) is 5.75 Å². The number of rotatable bonds is 15. The first-order chi connectivity index (χ1) is 20.4. The summed E-state index contributed by atoms with van der Waals surface area (Å²) in [5, 5.41) is 21.3. The van der Waals surface area contributed by atoms with Gasteiger partial charge in [-0.2, -0.15) is 0 Å². The third kappa shape index (κ3) is 7.86. The molecule has 2 N–H and O–H groups in total. The molecule has 226 valence electrons. The van der Waals surface area contributed by atoms with Gasteiger partial charge < -0.3 is 24.4 Å². The minimum Gasteiger partial charge on any atom is -0.497 e. The highest BCUT2D eigenvalue weighted by atomic mass is 32.1. The number of carbonyl (C=O) groups is 2. The molecule has 1 heterocycles. The molecule has 8 heteroatoms. The van der Waals surface area contributed by atoms with E-state index in [1.807, 2.05) is 54.6 Å². The summed E-state index contributed by atoms with van der Waals surface area (Å²) in [6.45, 7) is 2.66. The molecule has 0 spiro atoms. The summed E-state index contributed by atoms with van der Waals surface area (Å²) >= 11 is 1.39. The normalized spacial score (nSPS) is 20.9. The van der Waals surface area contributed by atoms with Crippen LogP contribution in [-0.4, -0.2) is 48.4 Å². The smallest absolute Gasteiger partial charge is 0.348 e. The quantitative estimate of drug-likeness (QED) is 0.155. The fourth-order valence-corrected chi connectivity index (χ4v) is 6.71. The fraction of sp³-hybridized carbons (Fsp3) is 0.471. The van der Waals surface area contributed by atoms with Crippen molar-refractivity contribution in [2.45, 2.75) is 82.7 Å². The number of hydrogen-bond acceptors (Lipinski definition) is 8. The van der Waals surface area contributed by atoms with Gasteiger partial charge in [0.1, 0.15) is 16.7 Å². The van der Waals surface area contributed by atoms with E-state index in [0.29, 0.717) is 24.3 Å². The van der Waals surface area contributed by atoms with E-state index < -0.39 is 18.1 Å². The van der Waals surface area contributed by atoms with Gasteiger partial charge in [-0.1, -0.05) is 62.6 Å². The lowest BCUT2D eigenvalue weighted by Gasteiger charge is -2.23. The van der Waals surface area contributed by atoms with Crippen molar-refractivity contribution in [3.63, 3.8) is 0 Å². The zero-order valence-electron chi connectivity index (χ0n) is 24.7. The lowest BCUT2D eigenvalue weighted by atomic mass is 9.83. The minimum atomic E-state index is -1.39. The van der Waals surface area contributed by atoms with Gasteiger partial charge in [-0.25, -0.2) is 4.79 Å². The number of Topliss-reactive ketones (excluding diaryl/α,β-unsaturated/α-hetero) is 1. The van der Waals surface area contributed by atoms with Crippen LogP contribution in [0.1, 0.15) is 88.7 Å². The molecule has 0 bridgehead atoms. The molecule has 42 heavy (non-hydrogen) atoms. The number of aliphatic hydroxyl groups is 2. The molecule has 7 nitrogen and oxygen atoms in total. The van der Waals surface area contributed by atoms with Crippen LogP contribution in [0.4, 0.5) is 0 Å². The number of unbranched alkanes of at least 4 members (excludes halogenated alkanes) is 2. The Morgan fingerprint density at radius 2 is 1.69 bits per heavy atom. The predicted octanol–water partition coefficient (Wildman–Crippen LogP) is 6.41. The second-order valence-electron chi connectivity index (χ2n) is 10.9. The average molecular weight is 595 g/mol. The van der Waals surface area contributed by atoms with E-state index in [9.17, 15) is 19.8 Å². The Morgan fingerprint density at radius 1 is 0.952 bits per heavy atom. The lowest BCUT2D eigenvalue weighted by molar-refractivity contribution is -0.127. The van der Waals surface area contributed by atoms with Gasteiger partial charge in [0.05, 0.1) is 39.0 Å². The summed E-state index contributed by atoms with van der Waals surface area (Å²) in [4.78, 5) is 26.4. The third-order valence-electron chi connectivity index (χ3n) is 8.14. The number of aliphatic hydroxyl groups excluding tert-OH is 2. The van der Waals surface area contributed by atoms with Gasteiger partial charge in [-0.05, 0) is 66.6 Å². The van der Waals surface area contributed by atoms with Crippen molar-refractivity contribution >= 4 is 23.1 Å². The molecule has 0 aliphatic heterocycles. The van der Waals surface area contributed by atoms with Gasteiger partial charge in [0.15, 0.2) is 5.78 Å². The van der Waals surface area contributed by atoms with Crippen LogP contribution in [0.5, 0.6) is 5.75 Å². The Hall–Kier alpha value is -3.04. The number of ether oxygens (including phenoxy) is 3. The molecular weight excluding hydrogens is 552 g/mol. The number of thiophene rings is 1. The van der Waals surface area contributed by atoms with E-state index in [4.69, 9.17) is 14.2 Å². The standard InChI is InChI=1S/C34H42O7S/c1-4-5-6-10-28(41-21-22-11-17-25(39-2)18-12-22)23-13-15-24(16-14-23)30-27(31(35)33(37)32(30)36)9-7-8-26-19-20-29(42-26)34(38)40-3/h11-20,27-28,30-31,33,35,37H,4-10,21H2,1-3H3/t27?,28?,30-,31?,33?/m1/s1. The van der Waals surface area contributed by atoms with Gasteiger partial charge in [-0.15, -0.1) is 11.3 Å². The number of ketones is 1. The Morgan fingerprint density at radius 3 is 2.36 bits per heavy atom. The van der Waals surface area contributed by atoms with Crippen LogP contribution in [0.3, 0.4) is 0 Å². The number of hydrogen-bond donors (Lipinski definition) is 2. The molecule has 1 fully saturated rings. The maximum absolute atomic E-state index is 13.1. The second kappa shape index (κ2) is 15.4. The summed E-state index contributed by atoms with van der Waals surface area (Å²) < 4.78 is 16.4. The van der Waals surface area contributed by atoms with Crippen LogP contribution >= 0.6 is 11.3 Å². The molecule has 1 aliphatic carbocycles. The molecule has 3 aromatic rings. The van der Waals surface area contributed by atoms with E-state index in [2.05, 4.69) is 6.92 Å². The summed E-state index contributed by atoms with van der Waals surface area (Å²) in [5.41, 5.74) is 2.92. The second-order valence-corrected chi connectivity index (χ2v) is 12.1. The predicted molar refractivity (Wildman–Crippen MR) is 163 cm³/mol. The van der Waals surface area contributed by atoms with Gasteiger partial charge in [-0.3, -0.25) is 4.79 Å². The maximum Gasteiger partial charge on any atom is 0.348 e. The molecule has 4 rings (SSSR count). The number of esters is 1. The van der Waals surface area contributed by atoms with Crippen LogP contribution < -0.4 is 4.74 Å². The van der Waals surface area contributed by atoms with E-state index in [-0.39, 0.29) is 23.8 Å². The largest absolute Gasteiger partial charge is 0.497 e. The van der Waals surface area contributed by atoms with Crippen molar-refractivity contribution < 1.29 is 34.0 Å². The van der Waals surface area contributed by atoms with Crippen molar-refractivity contribution in [2.24, 2.45) is 5.92 Å². The summed E-state index contributed by atoms with van der Waals surface area (Å²) in [6, 6.07) is 19.4. The number of aryl methyl sites for hydroxylation is 1. The van der Waals surface area contributed by atoms with E-state index in [0.717, 1.165) is 59.4 Å². The Balaban J connectivity index is 1.43. The summed E-state index contributed by atoms with van der Waals surface area (Å²) in [7, 11) is 3.01. The van der Waals surface area contributed by atoms with Crippen LogP contribution in [0.25, 0.3) is 0 Å². The van der Waals surface area contributed by atoms with Gasteiger partial charge in [0.25, 0.3) is 0 Å². The highest BCUT2D eigenvalue weighted by Gasteiger charge is 2.48. The van der Waals surface area contributed by atoms with Crippen LogP contribution in [0.2, 0.25) is 0 Å². The molecule has 0 saturated heterocycles. The SMILES string of the molecule is CCCCCC(OCc1ccc(OC)cc1)c1ccc([C@H]2C(=O)C(O)C(O)C2CCCc2ccc(C(=O)OC)s2)cc1. The highest BCUT2D eigenvalue weighted by Crippen LogP contribution is 2.41. The molecule has 1 aromatic heterocycles. The zero-order chi connectivity index (χ0) is 30.1. The topological polar surface area (TPSA) is 102 Å². The third-order valence-corrected chi connectivity index (χ3v) is 9.27. The molecule has 2 aromatic carbocycles. The monoisotopic (exact) mass is 594 g/mol. The number of benzene rings is 2. The van der Waals surface area contributed by atoms with Crippen molar-refractivity contribution in [2.75, 3.05) is 14.2 Å². The van der Waals surface area contributed by atoms with Crippen molar-refractivity contribution in [1.29, 1.82) is 0 Å². The molecule has 0 amide bonds. The van der Waals surface area contributed by atoms with Gasteiger partial charge in [0, 0.05) is 10.8 Å². The molecule has 5 atom stereocenters. The molecule has 1 saturated carbocycles. The maximum atomic E-state index is 13.1. The van der Waals surface area contributed by atoms with Crippen molar-refractivity contribution in [1.82, 2.24) is 0 Å². The van der Waals surface area contributed by atoms with Crippen LogP contribution in [0.15, 0.2) is 60.7 Å². The first-order valence-electron chi connectivity index (χ1n) is 14.8. The summed E-state index contributed by atoms with van der Waals surface area (Å²) in [6.07, 6.45) is 3.63. The lowest BCUT2D eigenvalue weighted by Crippen LogP contribution is -2.28. The Bertz CT molecular complexity index is 1280. The highest BCUT2D eigenvalue weighted by molar-refractivity contribution is 7.13. The summed E-state index contributed by atoms with van der Waals surface area (Å²) in [5.74, 6) is -0.835. The van der Waals surface area contributed by atoms with Crippen molar-refractivity contribution in [3.05, 3.63) is 87.1 Å². The molecule has 1 aliphatic rings. The first kappa shape index (κ1) is 31.9. The molecular formula is C34H42O7S. The Kier molecular flexibility index (Phi) is 11.7. The van der Waals surface area contributed by atoms with E-state index in [1.165, 1.54) is 18.4 Å². The van der Waals surface area contributed by atoms with E-state index >= 15 is 0 Å². The average Bonchev–Trinajstić information content (AvgIpc) is 3.58. The number of carbonyl (C=O) groups excluding carboxylic acids is 2. The van der Waals surface area contributed by atoms with Crippen LogP contribution in [0, 0.1) is 5.92 Å². The zero-order valence-corrected chi connectivity index (χ0v) is 25.5. The minimum absolute atomic E-state index is 0.0837. The fourth-order valence-electron chi connectivity index (χ4n) is 5.74. The molecule has 4 unspecified atom stereocenters. The number of methoxy groups -OCH3 is 2. The molecule has 0 radical (unpaired) electrons. The van der Waals surface area contributed by atoms with E-state index in [1.54, 1.807) is 13.2 Å². The van der Waals surface area contributed by atoms with Gasteiger partial charge >= 0.3 is 5.97 Å². The van der Waals surface area contributed by atoms with Gasteiger partial charge in [0.2, 0.25) is 0 Å². The van der Waals surface area contributed by atoms with Crippen LogP contribution in [-0.2, 0) is 27.3 Å². The Labute approximate surface area is 252 Å². The first-order valence-corrected chi connectivity index (χ1v) is 15.6.